The molecule has 0 heterocycles. The van der Waals surface area contributed by atoms with E-state index in [1.54, 1.807) is 0 Å². The molecule has 0 saturated heterocycles. The van der Waals surface area contributed by atoms with Crippen LogP contribution in [0.5, 0.6) is 0 Å². The Morgan fingerprint density at radius 3 is 2.70 bits per heavy atom. The van der Waals surface area contributed by atoms with Gasteiger partial charge in [-0.15, -0.1) is 0 Å². The third-order valence-electron chi connectivity index (χ3n) is 4.32. The summed E-state index contributed by atoms with van der Waals surface area (Å²) in [5.74, 6) is 0.543. The monoisotopic (exact) mass is 295 g/mol. The first-order chi connectivity index (χ1) is 9.59. The average Bonchev–Trinajstić information content (AvgIpc) is 2.47. The Morgan fingerprint density at radius 2 is 2.15 bits per heavy atom. The van der Waals surface area contributed by atoms with Crippen LogP contribution < -0.4 is 5.32 Å². The first-order valence-corrected chi connectivity index (χ1v) is 7.59. The van der Waals surface area contributed by atoms with Crippen LogP contribution in [0.4, 0.5) is 5.69 Å². The summed E-state index contributed by atoms with van der Waals surface area (Å²) < 4.78 is 5.03. The summed E-state index contributed by atoms with van der Waals surface area (Å²) in [4.78, 5) is 12.3. The minimum Gasteiger partial charge on any atom is -0.467 e. The number of carbonyl (C=O) groups is 1. The zero-order valence-electron chi connectivity index (χ0n) is 12.1. The zero-order valence-corrected chi connectivity index (χ0v) is 12.9. The maximum Gasteiger partial charge on any atom is 0.331 e. The van der Waals surface area contributed by atoms with Crippen LogP contribution in [-0.4, -0.2) is 18.6 Å². The van der Waals surface area contributed by atoms with Crippen LogP contribution in [-0.2, 0) is 9.53 Å². The highest BCUT2D eigenvalue weighted by Crippen LogP contribution is 2.37. The van der Waals surface area contributed by atoms with Gasteiger partial charge in [-0.05, 0) is 49.8 Å². The van der Waals surface area contributed by atoms with E-state index in [4.69, 9.17) is 16.3 Å². The molecule has 0 atom stereocenters. The topological polar surface area (TPSA) is 38.3 Å². The first kappa shape index (κ1) is 15.2. The van der Waals surface area contributed by atoms with Crippen molar-refractivity contribution in [1.82, 2.24) is 0 Å². The lowest BCUT2D eigenvalue weighted by molar-refractivity contribution is -0.147. The van der Waals surface area contributed by atoms with Gasteiger partial charge >= 0.3 is 5.97 Å². The number of ether oxygens (including phenoxy) is 1. The Labute approximate surface area is 125 Å². The van der Waals surface area contributed by atoms with Crippen LogP contribution in [0.2, 0.25) is 5.02 Å². The summed E-state index contributed by atoms with van der Waals surface area (Å²) in [7, 11) is 1.45. The number of halogens is 1. The van der Waals surface area contributed by atoms with E-state index in [2.05, 4.69) is 12.2 Å². The molecule has 20 heavy (non-hydrogen) atoms. The molecule has 0 bridgehead atoms. The normalized spacial score (nSPS) is 26.1. The molecule has 2 rings (SSSR count). The summed E-state index contributed by atoms with van der Waals surface area (Å²) in [6, 6.07) is 7.49. The van der Waals surface area contributed by atoms with Crippen LogP contribution in [0, 0.1) is 5.92 Å². The van der Waals surface area contributed by atoms with Gasteiger partial charge in [0.2, 0.25) is 0 Å². The van der Waals surface area contributed by atoms with Crippen molar-refractivity contribution in [1.29, 1.82) is 0 Å². The number of rotatable bonds is 4. The predicted octanol–water partition coefficient (Wildman–Crippen LogP) is 4.26. The predicted molar refractivity (Wildman–Crippen MR) is 82.1 cm³/mol. The number of methoxy groups -OCH3 is 1. The van der Waals surface area contributed by atoms with Gasteiger partial charge in [0, 0.05) is 10.7 Å². The molecule has 3 nitrogen and oxygen atoms in total. The van der Waals surface area contributed by atoms with Crippen molar-refractivity contribution >= 4 is 23.3 Å². The van der Waals surface area contributed by atoms with E-state index in [9.17, 15) is 4.79 Å². The smallest absolute Gasteiger partial charge is 0.331 e. The van der Waals surface area contributed by atoms with E-state index in [1.165, 1.54) is 13.5 Å². The quantitative estimate of drug-likeness (QED) is 0.843. The van der Waals surface area contributed by atoms with E-state index in [1.807, 2.05) is 24.3 Å². The van der Waals surface area contributed by atoms with Gasteiger partial charge in [0.15, 0.2) is 0 Å². The van der Waals surface area contributed by atoms with Crippen LogP contribution in [0.1, 0.15) is 39.0 Å². The fraction of sp³-hybridized carbons (Fsp3) is 0.562. The van der Waals surface area contributed by atoms with Gasteiger partial charge in [-0.1, -0.05) is 31.0 Å². The molecule has 1 N–H and O–H groups in total. The molecule has 1 fully saturated rings. The highest BCUT2D eigenvalue weighted by molar-refractivity contribution is 6.30. The van der Waals surface area contributed by atoms with Gasteiger partial charge in [0.1, 0.15) is 5.54 Å². The maximum atomic E-state index is 12.3. The molecule has 0 unspecified atom stereocenters. The Kier molecular flexibility index (Phi) is 4.92. The van der Waals surface area contributed by atoms with Gasteiger partial charge in [0.05, 0.1) is 7.11 Å². The lowest BCUT2D eigenvalue weighted by atomic mass is 9.75. The molecule has 0 aliphatic heterocycles. The van der Waals surface area contributed by atoms with Crippen molar-refractivity contribution in [2.45, 2.75) is 44.6 Å². The van der Waals surface area contributed by atoms with E-state index in [0.29, 0.717) is 10.9 Å². The van der Waals surface area contributed by atoms with E-state index in [0.717, 1.165) is 31.4 Å². The number of hydrogen-bond donors (Lipinski definition) is 1. The summed E-state index contributed by atoms with van der Waals surface area (Å²) in [5.41, 5.74) is 0.267. The minimum absolute atomic E-state index is 0.174. The lowest BCUT2D eigenvalue weighted by Crippen LogP contribution is -2.49. The van der Waals surface area contributed by atoms with Gasteiger partial charge in [-0.3, -0.25) is 0 Å². The largest absolute Gasteiger partial charge is 0.467 e. The van der Waals surface area contributed by atoms with Gasteiger partial charge < -0.3 is 10.1 Å². The Balaban J connectivity index is 2.18. The Hall–Kier alpha value is -1.22. The van der Waals surface area contributed by atoms with Crippen LogP contribution in [0.15, 0.2) is 24.3 Å². The Bertz CT molecular complexity index is 467. The zero-order chi connectivity index (χ0) is 14.6. The van der Waals surface area contributed by atoms with Crippen molar-refractivity contribution in [3.05, 3.63) is 29.3 Å². The molecule has 0 amide bonds. The third kappa shape index (κ3) is 3.26. The standard InChI is InChI=1S/C16H22ClNO2/c1-3-12-7-9-16(10-8-12,15(19)20-2)18-14-6-4-5-13(17)11-14/h4-6,11-12,18H,3,7-10H2,1-2H3. The average molecular weight is 296 g/mol. The van der Waals surface area contributed by atoms with Crippen molar-refractivity contribution < 1.29 is 9.53 Å². The summed E-state index contributed by atoms with van der Waals surface area (Å²) in [6.07, 6.45) is 4.90. The maximum absolute atomic E-state index is 12.3. The molecule has 1 aliphatic rings. The van der Waals surface area contributed by atoms with Crippen LogP contribution >= 0.6 is 11.6 Å². The number of esters is 1. The van der Waals surface area contributed by atoms with Crippen molar-refractivity contribution in [3.63, 3.8) is 0 Å². The summed E-state index contributed by atoms with van der Waals surface area (Å²) in [6.45, 7) is 2.21. The molecule has 4 heteroatoms. The second-order valence-corrected chi connectivity index (χ2v) is 6.00. The van der Waals surface area contributed by atoms with E-state index >= 15 is 0 Å². The second-order valence-electron chi connectivity index (χ2n) is 5.56. The highest BCUT2D eigenvalue weighted by atomic mass is 35.5. The number of benzene rings is 1. The molecule has 1 aromatic rings. The van der Waals surface area contributed by atoms with Crippen molar-refractivity contribution in [2.75, 3.05) is 12.4 Å². The third-order valence-corrected chi connectivity index (χ3v) is 4.56. The molecule has 0 spiro atoms. The van der Waals surface area contributed by atoms with Crippen molar-refractivity contribution in [2.24, 2.45) is 5.92 Å². The number of anilines is 1. The minimum atomic E-state index is -0.606. The first-order valence-electron chi connectivity index (χ1n) is 7.22. The number of carbonyl (C=O) groups excluding carboxylic acids is 1. The van der Waals surface area contributed by atoms with Gasteiger partial charge in [0.25, 0.3) is 0 Å². The Morgan fingerprint density at radius 1 is 1.45 bits per heavy atom. The molecule has 110 valence electrons. The van der Waals surface area contributed by atoms with Gasteiger partial charge in [-0.25, -0.2) is 4.79 Å². The lowest BCUT2D eigenvalue weighted by Gasteiger charge is -2.39. The van der Waals surface area contributed by atoms with E-state index in [-0.39, 0.29) is 5.97 Å². The fourth-order valence-corrected chi connectivity index (χ4v) is 3.19. The molecular weight excluding hydrogens is 274 g/mol. The van der Waals surface area contributed by atoms with Crippen LogP contribution in [0.3, 0.4) is 0 Å². The number of nitrogens with one attached hydrogen (secondary N) is 1. The van der Waals surface area contributed by atoms with Crippen molar-refractivity contribution in [3.8, 4) is 0 Å². The summed E-state index contributed by atoms with van der Waals surface area (Å²) >= 11 is 6.01. The summed E-state index contributed by atoms with van der Waals surface area (Å²) in [5, 5.41) is 4.04. The molecule has 1 saturated carbocycles. The molecular formula is C16H22ClNO2. The van der Waals surface area contributed by atoms with Crippen LogP contribution in [0.25, 0.3) is 0 Å². The molecule has 1 aliphatic carbocycles. The number of hydrogen-bond acceptors (Lipinski definition) is 3. The van der Waals surface area contributed by atoms with Gasteiger partial charge in [-0.2, -0.15) is 0 Å². The SMILES string of the molecule is CCC1CCC(Nc2cccc(Cl)c2)(C(=O)OC)CC1. The highest BCUT2D eigenvalue weighted by Gasteiger charge is 2.42. The second kappa shape index (κ2) is 6.49. The fourth-order valence-electron chi connectivity index (χ4n) is 3.00. The molecule has 1 aromatic carbocycles. The van der Waals surface area contributed by atoms with E-state index < -0.39 is 5.54 Å². The molecule has 0 aromatic heterocycles. The molecule has 0 radical (unpaired) electrons.